The second kappa shape index (κ2) is 4.19. The van der Waals surface area contributed by atoms with Crippen molar-refractivity contribution >= 4 is 21.9 Å². The molecule has 24 heavy (non-hydrogen) atoms. The molecule has 0 nitrogen and oxygen atoms in total. The van der Waals surface area contributed by atoms with Gasteiger partial charge in [-0.25, -0.2) is 0 Å². The molecule has 3 aromatic carbocycles. The Balaban J connectivity index is 1.97. The summed E-state index contributed by atoms with van der Waals surface area (Å²) in [7, 11) is 0. The molecule has 0 saturated carbocycles. The topological polar surface area (TPSA) is 0 Å². The number of benzene rings is 3. The fourth-order valence-corrected chi connectivity index (χ4v) is 5.11. The van der Waals surface area contributed by atoms with Gasteiger partial charge in [0.1, 0.15) is 0 Å². The van der Waals surface area contributed by atoms with Gasteiger partial charge in [0.15, 0.2) is 0 Å². The first-order valence-corrected chi connectivity index (χ1v) is 8.82. The highest BCUT2D eigenvalue weighted by atomic mass is 14.5. The molecule has 0 spiro atoms. The molecule has 0 radical (unpaired) electrons. The van der Waals surface area contributed by atoms with E-state index in [0.717, 1.165) is 0 Å². The SMILES string of the molecule is CC1(C)C2=C(c3ccccc31)C(C)(C)c1ccc3ccccc3c12. The van der Waals surface area contributed by atoms with Crippen LogP contribution in [0, 0.1) is 0 Å². The average molecular weight is 310 g/mol. The van der Waals surface area contributed by atoms with Crippen LogP contribution in [0.3, 0.4) is 0 Å². The van der Waals surface area contributed by atoms with Crippen molar-refractivity contribution in [3.05, 3.63) is 82.9 Å². The van der Waals surface area contributed by atoms with E-state index in [4.69, 9.17) is 0 Å². The fraction of sp³-hybridized carbons (Fsp3) is 0.250. The van der Waals surface area contributed by atoms with Crippen LogP contribution in [-0.4, -0.2) is 0 Å². The van der Waals surface area contributed by atoms with Gasteiger partial charge >= 0.3 is 0 Å². The van der Waals surface area contributed by atoms with Crippen molar-refractivity contribution in [2.24, 2.45) is 0 Å². The van der Waals surface area contributed by atoms with Crippen molar-refractivity contribution in [3.63, 3.8) is 0 Å². The molecule has 5 rings (SSSR count). The van der Waals surface area contributed by atoms with Gasteiger partial charge < -0.3 is 0 Å². The van der Waals surface area contributed by atoms with E-state index >= 15 is 0 Å². The standard InChI is InChI=1S/C24H22/c1-23(2)18-12-8-7-11-17(18)21-22(23)20-16-10-6-5-9-15(16)13-14-19(20)24(21,3)4/h5-14H,1-4H3. The highest BCUT2D eigenvalue weighted by Crippen LogP contribution is 2.63. The van der Waals surface area contributed by atoms with Crippen LogP contribution in [0.2, 0.25) is 0 Å². The number of hydrogen-bond donors (Lipinski definition) is 0. The van der Waals surface area contributed by atoms with Crippen LogP contribution in [0.15, 0.2) is 60.7 Å². The molecule has 0 N–H and O–H groups in total. The summed E-state index contributed by atoms with van der Waals surface area (Å²) in [5, 5.41) is 2.74. The monoisotopic (exact) mass is 310 g/mol. The lowest BCUT2D eigenvalue weighted by Gasteiger charge is -2.28. The Morgan fingerprint density at radius 3 is 2.08 bits per heavy atom. The van der Waals surface area contributed by atoms with Crippen LogP contribution in [0.25, 0.3) is 21.9 Å². The van der Waals surface area contributed by atoms with Gasteiger partial charge in [0.25, 0.3) is 0 Å². The largest absolute Gasteiger partial charge is 0.0619 e. The number of hydrogen-bond acceptors (Lipinski definition) is 0. The highest BCUT2D eigenvalue weighted by Gasteiger charge is 2.49. The van der Waals surface area contributed by atoms with E-state index in [2.05, 4.69) is 88.4 Å². The summed E-state index contributed by atoms with van der Waals surface area (Å²) in [6.45, 7) is 9.56. The predicted octanol–water partition coefficient (Wildman–Crippen LogP) is 6.33. The lowest BCUT2D eigenvalue weighted by Crippen LogP contribution is -2.19. The molecule has 0 aromatic heterocycles. The van der Waals surface area contributed by atoms with Gasteiger partial charge in [0.05, 0.1) is 0 Å². The summed E-state index contributed by atoms with van der Waals surface area (Å²) >= 11 is 0. The van der Waals surface area contributed by atoms with Gasteiger partial charge in [0, 0.05) is 10.8 Å². The normalized spacial score (nSPS) is 19.3. The predicted molar refractivity (Wildman–Crippen MR) is 103 cm³/mol. The first-order chi connectivity index (χ1) is 11.4. The summed E-state index contributed by atoms with van der Waals surface area (Å²) in [6.07, 6.45) is 0. The molecule has 2 aliphatic rings. The van der Waals surface area contributed by atoms with Crippen molar-refractivity contribution in [1.29, 1.82) is 0 Å². The molecule has 118 valence electrons. The maximum atomic E-state index is 2.39. The van der Waals surface area contributed by atoms with Crippen LogP contribution in [-0.2, 0) is 10.8 Å². The summed E-state index contributed by atoms with van der Waals surface area (Å²) in [6, 6.07) is 22.5. The second-order valence-electron chi connectivity index (χ2n) is 8.25. The van der Waals surface area contributed by atoms with E-state index < -0.39 is 0 Å². The van der Waals surface area contributed by atoms with Gasteiger partial charge in [-0.15, -0.1) is 0 Å². The Hall–Kier alpha value is -2.34. The first-order valence-electron chi connectivity index (χ1n) is 8.82. The summed E-state index contributed by atoms with van der Waals surface area (Å²) < 4.78 is 0. The molecule has 0 saturated heterocycles. The Kier molecular flexibility index (Phi) is 2.45. The molecule has 3 aromatic rings. The molecule has 0 fully saturated rings. The van der Waals surface area contributed by atoms with Crippen LogP contribution in [0.4, 0.5) is 0 Å². The van der Waals surface area contributed by atoms with E-state index in [1.807, 2.05) is 0 Å². The zero-order chi connectivity index (χ0) is 16.7. The summed E-state index contributed by atoms with van der Waals surface area (Å²) in [5.41, 5.74) is 9.07. The zero-order valence-electron chi connectivity index (χ0n) is 14.8. The van der Waals surface area contributed by atoms with E-state index in [1.165, 1.54) is 38.6 Å². The quantitative estimate of drug-likeness (QED) is 0.455. The third-order valence-electron chi connectivity index (χ3n) is 6.22. The van der Waals surface area contributed by atoms with E-state index in [0.29, 0.717) is 0 Å². The smallest absolute Gasteiger partial charge is 0.0162 e. The molecule has 0 heteroatoms. The van der Waals surface area contributed by atoms with Gasteiger partial charge in [-0.1, -0.05) is 88.4 Å². The third-order valence-corrected chi connectivity index (χ3v) is 6.22. The number of rotatable bonds is 0. The first kappa shape index (κ1) is 14.0. The Labute approximate surface area is 143 Å². The van der Waals surface area contributed by atoms with Gasteiger partial charge in [-0.2, -0.15) is 0 Å². The molecular formula is C24H22. The van der Waals surface area contributed by atoms with E-state index in [1.54, 1.807) is 5.57 Å². The molecular weight excluding hydrogens is 288 g/mol. The molecule has 0 heterocycles. The second-order valence-corrected chi connectivity index (χ2v) is 8.25. The minimum Gasteiger partial charge on any atom is -0.0619 e. The van der Waals surface area contributed by atoms with Crippen molar-refractivity contribution in [3.8, 4) is 0 Å². The van der Waals surface area contributed by atoms with Crippen molar-refractivity contribution < 1.29 is 0 Å². The zero-order valence-corrected chi connectivity index (χ0v) is 14.8. The lowest BCUT2D eigenvalue weighted by molar-refractivity contribution is 0.696. The molecule has 0 amide bonds. The van der Waals surface area contributed by atoms with Gasteiger partial charge in [0.2, 0.25) is 0 Å². The third kappa shape index (κ3) is 1.45. The van der Waals surface area contributed by atoms with Crippen LogP contribution >= 0.6 is 0 Å². The minimum absolute atomic E-state index is 0.0541. The van der Waals surface area contributed by atoms with E-state index in [-0.39, 0.29) is 10.8 Å². The minimum atomic E-state index is 0.0541. The van der Waals surface area contributed by atoms with Gasteiger partial charge in [-0.05, 0) is 44.2 Å². The summed E-state index contributed by atoms with van der Waals surface area (Å²) in [4.78, 5) is 0. The number of allylic oxidation sites excluding steroid dienone is 2. The lowest BCUT2D eigenvalue weighted by atomic mass is 9.75. The van der Waals surface area contributed by atoms with E-state index in [9.17, 15) is 0 Å². The van der Waals surface area contributed by atoms with Crippen molar-refractivity contribution in [2.75, 3.05) is 0 Å². The maximum Gasteiger partial charge on any atom is 0.0162 e. The molecule has 0 aliphatic heterocycles. The average Bonchev–Trinajstić information content (AvgIpc) is 2.97. The molecule has 0 atom stereocenters. The number of fused-ring (bicyclic) bond motifs is 6. The van der Waals surface area contributed by atoms with Gasteiger partial charge in [-0.3, -0.25) is 0 Å². The van der Waals surface area contributed by atoms with Crippen LogP contribution < -0.4 is 0 Å². The van der Waals surface area contributed by atoms with Crippen LogP contribution in [0.5, 0.6) is 0 Å². The Bertz CT molecular complexity index is 1040. The molecule has 0 unspecified atom stereocenters. The highest BCUT2D eigenvalue weighted by molar-refractivity contribution is 6.14. The van der Waals surface area contributed by atoms with Crippen molar-refractivity contribution in [2.45, 2.75) is 38.5 Å². The summed E-state index contributed by atoms with van der Waals surface area (Å²) in [5.74, 6) is 0. The molecule has 0 bridgehead atoms. The Morgan fingerprint density at radius 1 is 0.583 bits per heavy atom. The Morgan fingerprint density at radius 2 is 1.25 bits per heavy atom. The maximum absolute atomic E-state index is 2.39. The van der Waals surface area contributed by atoms with Crippen LogP contribution in [0.1, 0.15) is 49.9 Å². The fourth-order valence-electron chi connectivity index (χ4n) is 5.11. The molecule has 2 aliphatic carbocycles. The van der Waals surface area contributed by atoms with Crippen molar-refractivity contribution in [1.82, 2.24) is 0 Å².